The molecule has 3 aromatic heterocycles. The second-order valence-corrected chi connectivity index (χ2v) is 10.2. The van der Waals surface area contributed by atoms with E-state index in [9.17, 15) is 0 Å². The molecular formula is C31H32FN2O+. The molecule has 0 unspecified atom stereocenters. The molecule has 5 rings (SSSR count). The molecule has 0 saturated heterocycles. The topological polar surface area (TPSA) is 29.9 Å². The fraction of sp³-hybridized carbons (Fsp3) is 0.290. The van der Waals surface area contributed by atoms with E-state index in [2.05, 4.69) is 60.1 Å². The highest BCUT2D eigenvalue weighted by atomic mass is 19.1. The summed E-state index contributed by atoms with van der Waals surface area (Å²) >= 11 is 0. The highest BCUT2D eigenvalue weighted by Gasteiger charge is 2.23. The minimum absolute atomic E-state index is 0.0734. The quantitative estimate of drug-likeness (QED) is 0.250. The molecule has 5 aromatic rings. The number of pyridine rings is 2. The second-order valence-electron chi connectivity index (χ2n) is 10.2. The number of fused-ring (bicyclic) bond motifs is 3. The fourth-order valence-corrected chi connectivity index (χ4v) is 4.94. The third-order valence-corrected chi connectivity index (χ3v) is 6.95. The monoisotopic (exact) mass is 467 g/mol. The average molecular weight is 468 g/mol. The molecule has 2 aromatic carbocycles. The molecule has 35 heavy (non-hydrogen) atoms. The Morgan fingerprint density at radius 3 is 2.11 bits per heavy atom. The van der Waals surface area contributed by atoms with Gasteiger partial charge in [0.1, 0.15) is 12.9 Å². The first-order valence-electron chi connectivity index (χ1n) is 12.3. The van der Waals surface area contributed by atoms with E-state index >= 15 is 4.39 Å². The van der Waals surface area contributed by atoms with Gasteiger partial charge in [-0.1, -0.05) is 39.8 Å². The smallest absolute Gasteiger partial charge is 0.227 e. The summed E-state index contributed by atoms with van der Waals surface area (Å²) in [7, 11) is 2.05. The zero-order valence-corrected chi connectivity index (χ0v) is 21.5. The summed E-state index contributed by atoms with van der Waals surface area (Å²) in [4.78, 5) is 4.60. The van der Waals surface area contributed by atoms with Gasteiger partial charge in [-0.15, -0.1) is 0 Å². The third-order valence-electron chi connectivity index (χ3n) is 6.95. The molecule has 0 saturated carbocycles. The molecule has 0 bridgehead atoms. The standard InChI is InChI=1S/C31H32FN2O/c1-17(2)25-14-22(15-26(18(3)4)29(25)32)21-10-13-27(34(7)16-21)28-19(5)8-11-23-24-12-9-20(6)33-31(24)35-30(23)28/h8-18H,1-7H3/q+1. The number of rotatable bonds is 4. The molecule has 0 aliphatic carbocycles. The van der Waals surface area contributed by atoms with Crippen LogP contribution < -0.4 is 4.57 Å². The van der Waals surface area contributed by atoms with Crippen molar-refractivity contribution in [2.45, 2.75) is 53.4 Å². The lowest BCUT2D eigenvalue weighted by atomic mass is 9.90. The van der Waals surface area contributed by atoms with Gasteiger partial charge in [0.15, 0.2) is 11.8 Å². The van der Waals surface area contributed by atoms with Gasteiger partial charge >= 0.3 is 0 Å². The molecule has 0 aliphatic heterocycles. The van der Waals surface area contributed by atoms with Crippen molar-refractivity contribution in [3.63, 3.8) is 0 Å². The van der Waals surface area contributed by atoms with Gasteiger partial charge in [0, 0.05) is 28.1 Å². The van der Waals surface area contributed by atoms with E-state index in [4.69, 9.17) is 4.42 Å². The number of hydrogen-bond donors (Lipinski definition) is 0. The average Bonchev–Trinajstić information content (AvgIpc) is 3.16. The summed E-state index contributed by atoms with van der Waals surface area (Å²) in [6, 6.07) is 16.6. The van der Waals surface area contributed by atoms with Crippen molar-refractivity contribution >= 4 is 22.1 Å². The maximum Gasteiger partial charge on any atom is 0.227 e. The van der Waals surface area contributed by atoms with E-state index in [0.29, 0.717) is 5.71 Å². The van der Waals surface area contributed by atoms with Crippen molar-refractivity contribution in [2.75, 3.05) is 0 Å². The van der Waals surface area contributed by atoms with Crippen LogP contribution in [0.5, 0.6) is 0 Å². The highest BCUT2D eigenvalue weighted by Crippen LogP contribution is 2.37. The number of benzene rings is 2. The van der Waals surface area contributed by atoms with Crippen molar-refractivity contribution in [1.82, 2.24) is 4.98 Å². The summed E-state index contributed by atoms with van der Waals surface area (Å²) in [5, 5.41) is 2.10. The van der Waals surface area contributed by atoms with Crippen LogP contribution in [0.25, 0.3) is 44.5 Å². The van der Waals surface area contributed by atoms with Gasteiger partial charge in [-0.05, 0) is 78.3 Å². The van der Waals surface area contributed by atoms with Crippen LogP contribution in [0.15, 0.2) is 59.1 Å². The number of nitrogens with zero attached hydrogens (tertiary/aromatic N) is 2. The molecule has 3 heterocycles. The Labute approximate surface area is 206 Å². The van der Waals surface area contributed by atoms with E-state index in [1.54, 1.807) is 0 Å². The zero-order chi connectivity index (χ0) is 25.0. The van der Waals surface area contributed by atoms with Crippen LogP contribution >= 0.6 is 0 Å². The van der Waals surface area contributed by atoms with Gasteiger partial charge in [0.2, 0.25) is 11.4 Å². The largest absolute Gasteiger partial charge is 0.437 e. The predicted molar refractivity (Wildman–Crippen MR) is 141 cm³/mol. The molecule has 178 valence electrons. The molecule has 0 atom stereocenters. The number of aromatic nitrogens is 2. The van der Waals surface area contributed by atoms with Crippen LogP contribution in [0.2, 0.25) is 0 Å². The summed E-state index contributed by atoms with van der Waals surface area (Å²) in [5.41, 5.74) is 9.36. The Bertz CT molecular complexity index is 1560. The summed E-state index contributed by atoms with van der Waals surface area (Å²) in [5.74, 6) is 0.160. The molecule has 0 aliphatic rings. The number of aryl methyl sites for hydroxylation is 3. The highest BCUT2D eigenvalue weighted by molar-refractivity contribution is 6.08. The van der Waals surface area contributed by atoms with Crippen LogP contribution in [0.1, 0.15) is 61.9 Å². The lowest BCUT2D eigenvalue weighted by Crippen LogP contribution is -2.31. The molecule has 4 heteroatoms. The maximum absolute atomic E-state index is 15.1. The van der Waals surface area contributed by atoms with Crippen LogP contribution in [-0.4, -0.2) is 4.98 Å². The van der Waals surface area contributed by atoms with Crippen molar-refractivity contribution in [3.8, 4) is 22.4 Å². The van der Waals surface area contributed by atoms with Gasteiger partial charge in [-0.25, -0.2) is 13.9 Å². The summed E-state index contributed by atoms with van der Waals surface area (Å²) in [6.07, 6.45) is 2.13. The lowest BCUT2D eigenvalue weighted by molar-refractivity contribution is -0.659. The fourth-order valence-electron chi connectivity index (χ4n) is 4.94. The molecule has 0 N–H and O–H groups in total. The Morgan fingerprint density at radius 2 is 1.49 bits per heavy atom. The van der Waals surface area contributed by atoms with Crippen LogP contribution in [0.4, 0.5) is 4.39 Å². The van der Waals surface area contributed by atoms with E-state index < -0.39 is 0 Å². The van der Waals surface area contributed by atoms with Gasteiger partial charge in [0.25, 0.3) is 0 Å². The minimum atomic E-state index is -0.0734. The van der Waals surface area contributed by atoms with Crippen molar-refractivity contribution in [3.05, 3.63) is 82.9 Å². The van der Waals surface area contributed by atoms with Gasteiger partial charge in [0.05, 0.1) is 5.56 Å². The first-order chi connectivity index (χ1) is 16.7. The summed E-state index contributed by atoms with van der Waals surface area (Å²) in [6.45, 7) is 12.3. The predicted octanol–water partition coefficient (Wildman–Crippen LogP) is 8.14. The van der Waals surface area contributed by atoms with Crippen molar-refractivity contribution in [2.24, 2.45) is 7.05 Å². The Hall–Kier alpha value is -3.53. The van der Waals surface area contributed by atoms with E-state index in [0.717, 1.165) is 61.1 Å². The Balaban J connectivity index is 1.68. The molecular weight excluding hydrogens is 435 g/mol. The van der Waals surface area contributed by atoms with Gasteiger partial charge in [-0.3, -0.25) is 0 Å². The Kier molecular flexibility index (Phi) is 5.71. The first kappa shape index (κ1) is 23.2. The van der Waals surface area contributed by atoms with Crippen LogP contribution in [-0.2, 0) is 7.05 Å². The molecule has 0 radical (unpaired) electrons. The number of halogens is 1. The number of furan rings is 1. The van der Waals surface area contributed by atoms with E-state index in [1.807, 2.05) is 52.8 Å². The molecule has 3 nitrogen and oxygen atoms in total. The first-order valence-corrected chi connectivity index (χ1v) is 12.3. The number of hydrogen-bond acceptors (Lipinski definition) is 2. The maximum atomic E-state index is 15.1. The Morgan fingerprint density at radius 1 is 0.829 bits per heavy atom. The second kappa shape index (κ2) is 8.60. The lowest BCUT2D eigenvalue weighted by Gasteiger charge is -2.16. The molecule has 0 amide bonds. The van der Waals surface area contributed by atoms with Gasteiger partial charge < -0.3 is 4.42 Å². The minimum Gasteiger partial charge on any atom is -0.437 e. The van der Waals surface area contributed by atoms with Crippen molar-refractivity contribution < 1.29 is 13.4 Å². The van der Waals surface area contributed by atoms with Crippen molar-refractivity contribution in [1.29, 1.82) is 0 Å². The SMILES string of the molecule is Cc1ccc2c(n1)oc1c(-c3ccc(-c4cc(C(C)C)c(F)c(C(C)C)c4)c[n+]3C)c(C)ccc12. The normalized spacial score (nSPS) is 11.9. The van der Waals surface area contributed by atoms with E-state index in [-0.39, 0.29) is 17.7 Å². The van der Waals surface area contributed by atoms with Crippen LogP contribution in [0.3, 0.4) is 0 Å². The summed E-state index contributed by atoms with van der Waals surface area (Å²) < 4.78 is 23.6. The molecule has 0 fully saturated rings. The molecule has 0 spiro atoms. The van der Waals surface area contributed by atoms with Crippen LogP contribution in [0, 0.1) is 19.7 Å². The third kappa shape index (κ3) is 3.91. The zero-order valence-electron chi connectivity index (χ0n) is 21.5. The van der Waals surface area contributed by atoms with E-state index in [1.165, 1.54) is 0 Å². The van der Waals surface area contributed by atoms with Gasteiger partial charge in [-0.2, -0.15) is 0 Å².